The van der Waals surface area contributed by atoms with Gasteiger partial charge >= 0.3 is 0 Å². The van der Waals surface area contributed by atoms with Crippen LogP contribution >= 0.6 is 0 Å². The molecule has 118 valence electrons. The van der Waals surface area contributed by atoms with Crippen molar-refractivity contribution in [1.29, 1.82) is 0 Å². The predicted octanol–water partition coefficient (Wildman–Crippen LogP) is 3.17. The zero-order valence-electron chi connectivity index (χ0n) is 13.9. The number of aryl methyl sites for hydroxylation is 1. The molecule has 1 aromatic rings. The molecular formula is C17H27NO3. The highest BCUT2D eigenvalue weighted by atomic mass is 16.5. The maximum Gasteiger partial charge on any atom is 0.203 e. The second kappa shape index (κ2) is 6.14. The summed E-state index contributed by atoms with van der Waals surface area (Å²) in [6.07, 6.45) is 1.16. The highest BCUT2D eigenvalue weighted by molar-refractivity contribution is 5.53. The molecule has 0 bridgehead atoms. The van der Waals surface area contributed by atoms with Crippen molar-refractivity contribution in [2.75, 3.05) is 20.8 Å². The minimum atomic E-state index is 0.0942. The van der Waals surface area contributed by atoms with Crippen LogP contribution < -0.4 is 19.5 Å². The second-order valence-electron chi connectivity index (χ2n) is 6.27. The Morgan fingerprint density at radius 3 is 2.19 bits per heavy atom. The highest BCUT2D eigenvalue weighted by Gasteiger charge is 2.50. The van der Waals surface area contributed by atoms with Gasteiger partial charge in [-0.15, -0.1) is 0 Å². The zero-order valence-corrected chi connectivity index (χ0v) is 13.9. The molecule has 1 aliphatic carbocycles. The van der Waals surface area contributed by atoms with Crippen molar-refractivity contribution in [2.45, 2.75) is 46.3 Å². The van der Waals surface area contributed by atoms with Gasteiger partial charge in [-0.3, -0.25) is 0 Å². The van der Waals surface area contributed by atoms with Gasteiger partial charge in [0.2, 0.25) is 5.75 Å². The van der Waals surface area contributed by atoms with Gasteiger partial charge in [0, 0.05) is 17.9 Å². The molecule has 1 aliphatic rings. The molecule has 1 fully saturated rings. The Morgan fingerprint density at radius 2 is 1.76 bits per heavy atom. The summed E-state index contributed by atoms with van der Waals surface area (Å²) in [5, 5.41) is 3.51. The van der Waals surface area contributed by atoms with Crippen LogP contribution in [-0.2, 0) is 0 Å². The molecule has 2 atom stereocenters. The fourth-order valence-electron chi connectivity index (χ4n) is 2.95. The van der Waals surface area contributed by atoms with Crippen LogP contribution in [0, 0.1) is 12.3 Å². The topological polar surface area (TPSA) is 39.7 Å². The van der Waals surface area contributed by atoms with Gasteiger partial charge in [-0.05, 0) is 31.2 Å². The smallest absolute Gasteiger partial charge is 0.203 e. The first-order valence-corrected chi connectivity index (χ1v) is 7.56. The van der Waals surface area contributed by atoms with E-state index in [0.717, 1.165) is 30.0 Å². The Hall–Kier alpha value is -1.42. The summed E-state index contributed by atoms with van der Waals surface area (Å²) in [7, 11) is 3.32. The van der Waals surface area contributed by atoms with Crippen molar-refractivity contribution >= 4 is 0 Å². The number of ether oxygens (including phenoxy) is 3. The van der Waals surface area contributed by atoms with Crippen LogP contribution in [0.15, 0.2) is 12.1 Å². The van der Waals surface area contributed by atoms with Crippen LogP contribution in [0.3, 0.4) is 0 Å². The molecule has 2 rings (SSSR count). The van der Waals surface area contributed by atoms with E-state index < -0.39 is 0 Å². The molecule has 0 aliphatic heterocycles. The van der Waals surface area contributed by atoms with Gasteiger partial charge in [0.05, 0.1) is 14.2 Å². The Morgan fingerprint density at radius 1 is 1.19 bits per heavy atom. The summed E-state index contributed by atoms with van der Waals surface area (Å²) in [4.78, 5) is 0. The summed E-state index contributed by atoms with van der Waals surface area (Å²) in [5.41, 5.74) is 1.19. The Balaban J connectivity index is 2.21. The number of rotatable bonds is 6. The molecule has 0 saturated heterocycles. The number of benzene rings is 1. The number of hydrogen-bond donors (Lipinski definition) is 1. The van der Waals surface area contributed by atoms with Crippen LogP contribution in [0.2, 0.25) is 0 Å². The minimum Gasteiger partial charge on any atom is -0.493 e. The van der Waals surface area contributed by atoms with Gasteiger partial charge in [0.1, 0.15) is 6.10 Å². The lowest BCUT2D eigenvalue weighted by Gasteiger charge is -2.51. The average molecular weight is 293 g/mol. The van der Waals surface area contributed by atoms with E-state index in [1.165, 1.54) is 0 Å². The van der Waals surface area contributed by atoms with Crippen LogP contribution in [0.5, 0.6) is 17.2 Å². The Labute approximate surface area is 127 Å². The molecule has 1 aromatic carbocycles. The van der Waals surface area contributed by atoms with Crippen molar-refractivity contribution in [3.8, 4) is 17.2 Å². The van der Waals surface area contributed by atoms with Crippen molar-refractivity contribution < 1.29 is 14.2 Å². The van der Waals surface area contributed by atoms with Crippen LogP contribution in [0.4, 0.5) is 0 Å². The van der Waals surface area contributed by atoms with Gasteiger partial charge in [-0.1, -0.05) is 20.8 Å². The Bertz CT molecular complexity index is 474. The number of methoxy groups -OCH3 is 2. The fraction of sp³-hybridized carbons (Fsp3) is 0.647. The standard InChI is InChI=1S/C17H27NO3/c1-7-18-14-10-15(17(14,3)4)21-16-12(19-5)8-11(2)9-13(16)20-6/h8-9,14-15,18H,7,10H2,1-6H3. The molecule has 21 heavy (non-hydrogen) atoms. The lowest BCUT2D eigenvalue weighted by atomic mass is 9.64. The molecule has 4 heteroatoms. The predicted molar refractivity (Wildman–Crippen MR) is 84.6 cm³/mol. The summed E-state index contributed by atoms with van der Waals surface area (Å²) >= 11 is 0. The monoisotopic (exact) mass is 293 g/mol. The minimum absolute atomic E-state index is 0.0942. The van der Waals surface area contributed by atoms with Gasteiger partial charge in [-0.25, -0.2) is 0 Å². The fourth-order valence-corrected chi connectivity index (χ4v) is 2.95. The largest absolute Gasteiger partial charge is 0.493 e. The summed E-state index contributed by atoms with van der Waals surface area (Å²) in [6.45, 7) is 9.61. The van der Waals surface area contributed by atoms with Crippen LogP contribution in [0.25, 0.3) is 0 Å². The normalized spacial score (nSPS) is 23.3. The molecule has 1 saturated carbocycles. The van der Waals surface area contributed by atoms with Crippen molar-refractivity contribution in [3.05, 3.63) is 17.7 Å². The lowest BCUT2D eigenvalue weighted by molar-refractivity contribution is -0.0561. The molecule has 0 heterocycles. The van der Waals surface area contributed by atoms with Gasteiger partial charge < -0.3 is 19.5 Å². The second-order valence-corrected chi connectivity index (χ2v) is 6.27. The number of nitrogens with one attached hydrogen (secondary N) is 1. The third kappa shape index (κ3) is 2.95. The van der Waals surface area contributed by atoms with E-state index >= 15 is 0 Å². The molecule has 0 spiro atoms. The van der Waals surface area contributed by atoms with Crippen LogP contribution in [-0.4, -0.2) is 32.9 Å². The first-order valence-electron chi connectivity index (χ1n) is 7.56. The van der Waals surface area contributed by atoms with E-state index in [4.69, 9.17) is 14.2 Å². The molecule has 0 radical (unpaired) electrons. The van der Waals surface area contributed by atoms with E-state index in [2.05, 4.69) is 26.1 Å². The van der Waals surface area contributed by atoms with Crippen molar-refractivity contribution in [3.63, 3.8) is 0 Å². The lowest BCUT2D eigenvalue weighted by Crippen LogP contribution is -2.62. The maximum absolute atomic E-state index is 6.25. The van der Waals surface area contributed by atoms with Gasteiger partial charge in [-0.2, -0.15) is 0 Å². The van der Waals surface area contributed by atoms with E-state index in [-0.39, 0.29) is 11.5 Å². The SMILES string of the molecule is CCNC1CC(Oc2c(OC)cc(C)cc2OC)C1(C)C. The quantitative estimate of drug-likeness (QED) is 0.874. The van der Waals surface area contributed by atoms with Gasteiger partial charge in [0.15, 0.2) is 11.5 Å². The first kappa shape index (κ1) is 16.0. The summed E-state index contributed by atoms with van der Waals surface area (Å²) in [6, 6.07) is 4.45. The molecule has 0 aromatic heterocycles. The van der Waals surface area contributed by atoms with Gasteiger partial charge in [0.25, 0.3) is 0 Å². The average Bonchev–Trinajstić information content (AvgIpc) is 2.46. The summed E-state index contributed by atoms with van der Waals surface area (Å²) in [5.74, 6) is 2.17. The molecular weight excluding hydrogens is 266 g/mol. The molecule has 1 N–H and O–H groups in total. The van der Waals surface area contributed by atoms with E-state index in [0.29, 0.717) is 11.8 Å². The summed E-state index contributed by atoms with van der Waals surface area (Å²) < 4.78 is 17.2. The molecule has 2 unspecified atom stereocenters. The van der Waals surface area contributed by atoms with E-state index in [1.807, 2.05) is 19.1 Å². The van der Waals surface area contributed by atoms with E-state index in [1.54, 1.807) is 14.2 Å². The first-order chi connectivity index (χ1) is 9.93. The third-order valence-corrected chi connectivity index (χ3v) is 4.49. The maximum atomic E-state index is 6.25. The third-order valence-electron chi connectivity index (χ3n) is 4.49. The van der Waals surface area contributed by atoms with Crippen LogP contribution in [0.1, 0.15) is 32.8 Å². The Kier molecular flexibility index (Phi) is 4.67. The van der Waals surface area contributed by atoms with Crippen molar-refractivity contribution in [1.82, 2.24) is 5.32 Å². The highest BCUT2D eigenvalue weighted by Crippen LogP contribution is 2.47. The van der Waals surface area contributed by atoms with E-state index in [9.17, 15) is 0 Å². The number of hydrogen-bond acceptors (Lipinski definition) is 4. The zero-order chi connectivity index (χ0) is 15.6. The molecule has 4 nitrogen and oxygen atoms in total. The van der Waals surface area contributed by atoms with Crippen molar-refractivity contribution in [2.24, 2.45) is 5.41 Å². The molecule has 0 amide bonds.